The maximum atomic E-state index is 13.0. The number of hydrogen-bond donors (Lipinski definition) is 1. The van der Waals surface area contributed by atoms with E-state index < -0.39 is 35.6 Å². The van der Waals surface area contributed by atoms with E-state index in [1.807, 2.05) is 0 Å². The molecule has 6 nitrogen and oxygen atoms in total. The minimum absolute atomic E-state index is 0.116. The van der Waals surface area contributed by atoms with Crippen molar-refractivity contribution in [2.24, 2.45) is 0 Å². The number of nitrogens with one attached hydrogen (secondary N) is 1. The van der Waals surface area contributed by atoms with Gasteiger partial charge in [-0.2, -0.15) is 18.3 Å². The van der Waals surface area contributed by atoms with Crippen molar-refractivity contribution in [3.63, 3.8) is 0 Å². The molecule has 0 aliphatic heterocycles. The van der Waals surface area contributed by atoms with E-state index in [4.69, 9.17) is 0 Å². The van der Waals surface area contributed by atoms with Crippen molar-refractivity contribution in [1.82, 2.24) is 14.8 Å². The van der Waals surface area contributed by atoms with Gasteiger partial charge in [-0.3, -0.25) is 9.48 Å². The van der Waals surface area contributed by atoms with Crippen molar-refractivity contribution in [3.05, 3.63) is 47.9 Å². The molecule has 1 fully saturated rings. The molecule has 196 valence electrons. The van der Waals surface area contributed by atoms with Crippen LogP contribution in [0, 0.1) is 0 Å². The summed E-state index contributed by atoms with van der Waals surface area (Å²) in [6.07, 6.45) is -1.99. The summed E-state index contributed by atoms with van der Waals surface area (Å²) in [4.78, 5) is 15.8. The van der Waals surface area contributed by atoms with Crippen LogP contribution in [0.15, 0.2) is 36.5 Å². The molecule has 4 rings (SSSR count). The van der Waals surface area contributed by atoms with Crippen LogP contribution >= 0.6 is 0 Å². The average molecular weight is 516 g/mol. The molecule has 1 aromatic carbocycles. The molecule has 12 heteroatoms. The summed E-state index contributed by atoms with van der Waals surface area (Å²) in [5.41, 5.74) is -2.05. The summed E-state index contributed by atoms with van der Waals surface area (Å²) in [5, 5.41) is 6.99. The van der Waals surface area contributed by atoms with Crippen molar-refractivity contribution >= 4 is 22.5 Å². The lowest BCUT2D eigenvalue weighted by Crippen LogP contribution is -2.20. The number of anilines is 1. The number of carbonyl (C=O) groups is 1. The molecule has 0 bridgehead atoms. The van der Waals surface area contributed by atoms with Gasteiger partial charge in [-0.1, -0.05) is 45.6 Å². The molecule has 1 aliphatic carbocycles. The Hall–Kier alpha value is -3.31. The molecule has 3 aromatic rings. The van der Waals surface area contributed by atoms with Crippen LogP contribution < -0.4 is 10.1 Å². The van der Waals surface area contributed by atoms with Crippen molar-refractivity contribution < 1.29 is 35.9 Å². The van der Waals surface area contributed by atoms with Gasteiger partial charge in [-0.25, -0.2) is 4.98 Å². The Morgan fingerprint density at radius 1 is 1.08 bits per heavy atom. The number of fused-ring (bicyclic) bond motifs is 1. The van der Waals surface area contributed by atoms with Gasteiger partial charge in [0.05, 0.1) is 17.2 Å². The van der Waals surface area contributed by atoms with Crippen molar-refractivity contribution in [3.8, 4) is 5.75 Å². The third-order valence-electron chi connectivity index (χ3n) is 5.32. The monoisotopic (exact) mass is 516 g/mol. The lowest BCUT2D eigenvalue weighted by Gasteiger charge is -2.21. The van der Waals surface area contributed by atoms with Crippen LogP contribution in [0.25, 0.3) is 10.9 Å². The molecular weight excluding hydrogens is 490 g/mol. The van der Waals surface area contributed by atoms with E-state index in [-0.39, 0.29) is 17.2 Å². The highest BCUT2D eigenvalue weighted by Gasteiger charge is 2.34. The number of benzene rings is 1. The number of nitrogens with zero attached hydrogens (tertiary/aromatic N) is 3. The van der Waals surface area contributed by atoms with E-state index in [0.717, 1.165) is 50.3 Å². The van der Waals surface area contributed by atoms with Crippen molar-refractivity contribution in [1.29, 1.82) is 0 Å². The Bertz CT molecular complexity index is 1180. The molecule has 2 aromatic heterocycles. The first-order valence-corrected chi connectivity index (χ1v) is 11.6. The SMILES string of the molecule is CCC.O=C(Nc1cc2cn(C3CCCCC3)nc2cc1OC(F)(F)F)c1cccc(C(F)(F)F)n1. The van der Waals surface area contributed by atoms with Gasteiger partial charge in [0.2, 0.25) is 0 Å². The molecule has 1 N–H and O–H groups in total. The Morgan fingerprint density at radius 3 is 2.36 bits per heavy atom. The number of carbonyl (C=O) groups excluding carboxylic acids is 1. The number of amides is 1. The fourth-order valence-electron chi connectivity index (χ4n) is 3.82. The largest absolute Gasteiger partial charge is 0.573 e. The Morgan fingerprint density at radius 2 is 1.75 bits per heavy atom. The second kappa shape index (κ2) is 11.2. The molecule has 0 atom stereocenters. The van der Waals surface area contributed by atoms with Crippen molar-refractivity contribution in [2.45, 2.75) is 71.0 Å². The molecule has 2 heterocycles. The van der Waals surface area contributed by atoms with Crippen LogP contribution in [-0.4, -0.2) is 27.0 Å². The molecule has 0 spiro atoms. The predicted octanol–water partition coefficient (Wildman–Crippen LogP) is 7.52. The Labute approximate surface area is 203 Å². The van der Waals surface area contributed by atoms with Gasteiger partial charge in [-0.15, -0.1) is 13.2 Å². The third kappa shape index (κ3) is 7.11. The van der Waals surface area contributed by atoms with E-state index in [1.165, 1.54) is 12.5 Å². The first-order chi connectivity index (χ1) is 16.9. The average Bonchev–Trinajstić information content (AvgIpc) is 3.22. The van der Waals surface area contributed by atoms with Crippen LogP contribution in [0.1, 0.15) is 74.6 Å². The molecule has 0 radical (unpaired) electrons. The quantitative estimate of drug-likeness (QED) is 0.364. The maximum Gasteiger partial charge on any atom is 0.573 e. The number of hydrogen-bond acceptors (Lipinski definition) is 4. The fraction of sp³-hybridized carbons (Fsp3) is 0.458. The van der Waals surface area contributed by atoms with E-state index in [9.17, 15) is 31.1 Å². The second-order valence-electron chi connectivity index (χ2n) is 8.42. The number of alkyl halides is 6. The minimum Gasteiger partial charge on any atom is -0.403 e. The normalized spacial score (nSPS) is 14.8. The van der Waals surface area contributed by atoms with E-state index >= 15 is 0 Å². The molecule has 0 unspecified atom stereocenters. The zero-order valence-electron chi connectivity index (χ0n) is 19.7. The van der Waals surface area contributed by atoms with Gasteiger partial charge in [-0.05, 0) is 31.0 Å². The van der Waals surface area contributed by atoms with Crippen LogP contribution in [0.4, 0.5) is 32.0 Å². The van der Waals surface area contributed by atoms with E-state index in [0.29, 0.717) is 11.5 Å². The molecule has 36 heavy (non-hydrogen) atoms. The van der Waals surface area contributed by atoms with Gasteiger partial charge in [0.1, 0.15) is 11.4 Å². The summed E-state index contributed by atoms with van der Waals surface area (Å²) in [6.45, 7) is 4.25. The predicted molar refractivity (Wildman–Crippen MR) is 122 cm³/mol. The molecule has 1 aliphatic rings. The Kier molecular flexibility index (Phi) is 8.47. The molecule has 1 saturated carbocycles. The molecular formula is C24H26F6N4O2. The Balaban J connectivity index is 0.00000115. The van der Waals surface area contributed by atoms with Crippen LogP contribution in [-0.2, 0) is 6.18 Å². The highest BCUT2D eigenvalue weighted by atomic mass is 19.4. The van der Waals surface area contributed by atoms with E-state index in [2.05, 4.69) is 34.0 Å². The van der Waals surface area contributed by atoms with Crippen molar-refractivity contribution in [2.75, 3.05) is 5.32 Å². The molecule has 1 amide bonds. The van der Waals surface area contributed by atoms with Gasteiger partial charge < -0.3 is 10.1 Å². The minimum atomic E-state index is -5.06. The number of ether oxygens (including phenoxy) is 1. The van der Waals surface area contributed by atoms with Crippen LogP contribution in [0.2, 0.25) is 0 Å². The van der Waals surface area contributed by atoms with Gasteiger partial charge >= 0.3 is 12.5 Å². The number of pyridine rings is 1. The first-order valence-electron chi connectivity index (χ1n) is 11.6. The zero-order chi connectivity index (χ0) is 26.5. The lowest BCUT2D eigenvalue weighted by atomic mass is 9.96. The summed E-state index contributed by atoms with van der Waals surface area (Å²) < 4.78 is 83.3. The van der Waals surface area contributed by atoms with Gasteiger partial charge in [0, 0.05) is 17.6 Å². The summed E-state index contributed by atoms with van der Waals surface area (Å²) in [6, 6.07) is 5.08. The first kappa shape index (κ1) is 27.3. The molecule has 0 saturated heterocycles. The fourth-order valence-corrected chi connectivity index (χ4v) is 3.82. The smallest absolute Gasteiger partial charge is 0.403 e. The maximum absolute atomic E-state index is 13.0. The zero-order valence-corrected chi connectivity index (χ0v) is 19.7. The summed E-state index contributed by atoms with van der Waals surface area (Å²) in [7, 11) is 0. The highest BCUT2D eigenvalue weighted by molar-refractivity contribution is 6.05. The third-order valence-corrected chi connectivity index (χ3v) is 5.32. The van der Waals surface area contributed by atoms with Gasteiger partial charge in [0.25, 0.3) is 5.91 Å². The summed E-state index contributed by atoms with van der Waals surface area (Å²) in [5.74, 6) is -1.85. The van der Waals surface area contributed by atoms with Crippen LogP contribution in [0.3, 0.4) is 0 Å². The number of aromatic nitrogens is 3. The topological polar surface area (TPSA) is 69.0 Å². The van der Waals surface area contributed by atoms with Crippen LogP contribution in [0.5, 0.6) is 5.75 Å². The highest BCUT2D eigenvalue weighted by Crippen LogP contribution is 2.36. The van der Waals surface area contributed by atoms with Gasteiger partial charge in [0.15, 0.2) is 5.75 Å². The lowest BCUT2D eigenvalue weighted by molar-refractivity contribution is -0.274. The standard InChI is InChI=1S/C21H18F6N4O2.C3H8/c22-20(23,24)18-8-4-7-14(28-18)19(32)29-16-9-12-11-31(13-5-2-1-3-6-13)30-15(12)10-17(16)33-21(25,26)27;1-3-2/h4,7-11,13H,1-3,5-6H2,(H,29,32);3H2,1-2H3. The second-order valence-corrected chi connectivity index (χ2v) is 8.42. The number of rotatable bonds is 4. The van der Waals surface area contributed by atoms with E-state index in [1.54, 1.807) is 10.9 Å². The number of halogens is 6. The summed E-state index contributed by atoms with van der Waals surface area (Å²) >= 11 is 0.